The topological polar surface area (TPSA) is 95.6 Å². The van der Waals surface area contributed by atoms with Gasteiger partial charge < -0.3 is 33.9 Å². The summed E-state index contributed by atoms with van der Waals surface area (Å²) in [5.41, 5.74) is 3.40. The number of halogens is 1. The van der Waals surface area contributed by atoms with Gasteiger partial charge in [0.1, 0.15) is 12.4 Å². The van der Waals surface area contributed by atoms with E-state index in [2.05, 4.69) is 50.4 Å². The highest BCUT2D eigenvalue weighted by Crippen LogP contribution is 2.41. The highest BCUT2D eigenvalue weighted by molar-refractivity contribution is 9.09. The number of hydrogen-bond acceptors (Lipinski definition) is 9. The minimum absolute atomic E-state index is 0.0287. The van der Waals surface area contributed by atoms with Crippen molar-refractivity contribution in [3.05, 3.63) is 89.0 Å². The minimum atomic E-state index is -3.95. The summed E-state index contributed by atoms with van der Waals surface area (Å²) in [5.74, 6) is 0.714. The molecule has 2 aliphatic rings. The van der Waals surface area contributed by atoms with Gasteiger partial charge in [-0.05, 0) is 74.6 Å². The van der Waals surface area contributed by atoms with Crippen LogP contribution in [0.15, 0.2) is 71.6 Å². The van der Waals surface area contributed by atoms with E-state index in [1.54, 1.807) is 19.2 Å². The molecule has 3 aromatic carbocycles. The van der Waals surface area contributed by atoms with Crippen molar-refractivity contribution in [2.24, 2.45) is 0 Å². The molecular formula is C38H51BrN2O7S. The van der Waals surface area contributed by atoms with Crippen LogP contribution >= 0.6 is 15.9 Å². The van der Waals surface area contributed by atoms with Crippen LogP contribution in [0.1, 0.15) is 60.3 Å². The molecule has 2 unspecified atom stereocenters. The van der Waals surface area contributed by atoms with Crippen LogP contribution < -0.4 is 15.0 Å². The lowest BCUT2D eigenvalue weighted by molar-refractivity contribution is -0.00729. The van der Waals surface area contributed by atoms with Crippen LogP contribution in [-0.4, -0.2) is 85.2 Å². The number of alkyl halides is 1. The van der Waals surface area contributed by atoms with Gasteiger partial charge in [-0.25, -0.2) is 8.42 Å². The van der Waals surface area contributed by atoms with Crippen molar-refractivity contribution >= 4 is 31.5 Å². The second kappa shape index (κ2) is 18.1. The van der Waals surface area contributed by atoms with E-state index in [9.17, 15) is 8.42 Å². The lowest BCUT2D eigenvalue weighted by Crippen LogP contribution is -2.48. The van der Waals surface area contributed by atoms with Gasteiger partial charge in [-0.1, -0.05) is 64.0 Å². The van der Waals surface area contributed by atoms with Crippen molar-refractivity contribution in [3.63, 3.8) is 0 Å². The molecule has 1 saturated heterocycles. The number of nitrogens with zero attached hydrogens (tertiary/aromatic N) is 1. The Morgan fingerprint density at radius 1 is 1.08 bits per heavy atom. The second-order valence-corrected chi connectivity index (χ2v) is 15.5. The van der Waals surface area contributed by atoms with Crippen molar-refractivity contribution in [2.45, 2.75) is 74.7 Å². The monoisotopic (exact) mass is 758 g/mol. The number of nitrogens with one attached hydrogen (secondary N) is 1. The summed E-state index contributed by atoms with van der Waals surface area (Å²) < 4.78 is 58.7. The van der Waals surface area contributed by atoms with Crippen molar-refractivity contribution in [1.29, 1.82) is 0 Å². The number of anilines is 1. The number of fused-ring (bicyclic) bond motifs is 1. The van der Waals surface area contributed by atoms with E-state index in [0.29, 0.717) is 51.7 Å². The lowest BCUT2D eigenvalue weighted by Gasteiger charge is -2.39. The maximum Gasteiger partial charge on any atom is 0.209 e. The molecule has 0 spiro atoms. The summed E-state index contributed by atoms with van der Waals surface area (Å²) >= 11 is 3.66. The van der Waals surface area contributed by atoms with Crippen LogP contribution in [0, 0.1) is 6.92 Å². The standard InChI is InChI=1S/C38H51BrN2O7S/c1-5-46-28(3)25-45-26-29-9-11-30(12-10-29)34-22-32(23-39)40-24-37(34)48-38(49(42,43)33-14-7-27(2)8-15-33)31-13-16-36-35(21-31)41(18-20-47-36)17-6-19-44-4/h7-16,21,28,32,34,37-38,40H,5-6,17-20,22-26H2,1-4H3/t28?,32-,34+,37-,38?/m0/s1. The molecule has 5 atom stereocenters. The summed E-state index contributed by atoms with van der Waals surface area (Å²) in [6.07, 6.45) is 1.28. The zero-order chi connectivity index (χ0) is 34.8. The van der Waals surface area contributed by atoms with Crippen molar-refractivity contribution in [3.8, 4) is 5.75 Å². The predicted octanol–water partition coefficient (Wildman–Crippen LogP) is 6.57. The van der Waals surface area contributed by atoms with Crippen LogP contribution in [0.4, 0.5) is 5.69 Å². The number of rotatable bonds is 17. The van der Waals surface area contributed by atoms with Gasteiger partial charge in [-0.3, -0.25) is 0 Å². The number of aryl methyl sites for hydroxylation is 1. The average molecular weight is 760 g/mol. The molecule has 2 aliphatic heterocycles. The Bertz CT molecular complexity index is 1570. The van der Waals surface area contributed by atoms with Crippen LogP contribution in [0.5, 0.6) is 5.75 Å². The molecule has 11 heteroatoms. The molecule has 1 fully saturated rings. The Hall–Kier alpha value is -2.51. The van der Waals surface area contributed by atoms with E-state index in [1.165, 1.54) is 0 Å². The lowest BCUT2D eigenvalue weighted by atomic mass is 9.84. The molecule has 1 N–H and O–H groups in total. The SMILES string of the molecule is CCOC(C)COCc1ccc([C@H]2C[C@@H](CBr)NC[C@@H]2OC(c2ccc3c(c2)N(CCCOC)CCO3)S(=O)(=O)c2ccc(C)cc2)cc1. The number of ether oxygens (including phenoxy) is 5. The smallest absolute Gasteiger partial charge is 0.209 e. The molecular weight excluding hydrogens is 708 g/mol. The fourth-order valence-corrected chi connectivity index (χ4v) is 8.57. The zero-order valence-corrected chi connectivity index (χ0v) is 31.5. The third-order valence-corrected chi connectivity index (χ3v) is 11.8. The summed E-state index contributed by atoms with van der Waals surface area (Å²) in [7, 11) is -2.25. The Kier molecular flexibility index (Phi) is 14.0. The Balaban J connectivity index is 1.45. The normalized spacial score (nSPS) is 20.8. The third-order valence-electron chi connectivity index (χ3n) is 9.18. The van der Waals surface area contributed by atoms with Gasteiger partial charge in [-0.15, -0.1) is 0 Å². The Morgan fingerprint density at radius 3 is 2.57 bits per heavy atom. The van der Waals surface area contributed by atoms with Crippen LogP contribution in [0.3, 0.4) is 0 Å². The van der Waals surface area contributed by atoms with Gasteiger partial charge in [0, 0.05) is 50.7 Å². The van der Waals surface area contributed by atoms with Gasteiger partial charge in [0.2, 0.25) is 9.84 Å². The van der Waals surface area contributed by atoms with Crippen molar-refractivity contribution in [2.75, 3.05) is 63.4 Å². The Morgan fingerprint density at radius 2 is 1.86 bits per heavy atom. The Labute approximate surface area is 300 Å². The van der Waals surface area contributed by atoms with E-state index in [4.69, 9.17) is 23.7 Å². The molecule has 268 valence electrons. The molecule has 2 heterocycles. The largest absolute Gasteiger partial charge is 0.490 e. The van der Waals surface area contributed by atoms with Gasteiger partial charge in [-0.2, -0.15) is 0 Å². The molecule has 0 saturated carbocycles. The quantitative estimate of drug-likeness (QED) is 0.121. The van der Waals surface area contributed by atoms with Crippen LogP contribution in [0.25, 0.3) is 0 Å². The highest BCUT2D eigenvalue weighted by Gasteiger charge is 2.39. The maximum atomic E-state index is 14.5. The van der Waals surface area contributed by atoms with E-state index in [0.717, 1.165) is 52.8 Å². The average Bonchev–Trinajstić information content (AvgIpc) is 3.11. The first-order chi connectivity index (χ1) is 23.7. The molecule has 0 radical (unpaired) electrons. The van der Waals surface area contributed by atoms with Gasteiger partial charge >= 0.3 is 0 Å². The maximum absolute atomic E-state index is 14.5. The van der Waals surface area contributed by atoms with Crippen molar-refractivity contribution < 1.29 is 32.1 Å². The molecule has 5 rings (SSSR count). The van der Waals surface area contributed by atoms with Crippen LogP contribution in [-0.2, 0) is 35.4 Å². The summed E-state index contributed by atoms with van der Waals surface area (Å²) in [6, 6.07) is 21.3. The predicted molar refractivity (Wildman–Crippen MR) is 197 cm³/mol. The number of methoxy groups -OCH3 is 1. The molecule has 49 heavy (non-hydrogen) atoms. The fourth-order valence-electron chi connectivity index (χ4n) is 6.52. The molecule has 0 aromatic heterocycles. The first kappa shape index (κ1) is 37.7. The second-order valence-electron chi connectivity index (χ2n) is 12.9. The molecule has 0 amide bonds. The first-order valence-corrected chi connectivity index (χ1v) is 19.9. The fraction of sp³-hybridized carbons (Fsp3) is 0.526. The molecule has 0 bridgehead atoms. The first-order valence-electron chi connectivity index (χ1n) is 17.3. The van der Waals surface area contributed by atoms with Crippen molar-refractivity contribution in [1.82, 2.24) is 5.32 Å². The summed E-state index contributed by atoms with van der Waals surface area (Å²) in [6.45, 7) is 10.8. The third kappa shape index (κ3) is 9.84. The minimum Gasteiger partial charge on any atom is -0.490 e. The molecule has 9 nitrogen and oxygen atoms in total. The zero-order valence-electron chi connectivity index (χ0n) is 29.1. The van der Waals surface area contributed by atoms with Gasteiger partial charge in [0.05, 0.1) is 42.5 Å². The van der Waals surface area contributed by atoms with Crippen LogP contribution in [0.2, 0.25) is 0 Å². The van der Waals surface area contributed by atoms with E-state index in [1.807, 2.05) is 51.1 Å². The van der Waals surface area contributed by atoms with E-state index >= 15 is 0 Å². The molecule has 3 aromatic rings. The molecule has 0 aliphatic carbocycles. The van der Waals surface area contributed by atoms with E-state index in [-0.39, 0.29) is 23.0 Å². The van der Waals surface area contributed by atoms with Gasteiger partial charge in [0.25, 0.3) is 0 Å². The van der Waals surface area contributed by atoms with E-state index < -0.39 is 21.4 Å². The summed E-state index contributed by atoms with van der Waals surface area (Å²) in [4.78, 5) is 2.47. The van der Waals surface area contributed by atoms with Gasteiger partial charge in [0.15, 0.2) is 5.44 Å². The number of sulfone groups is 1. The number of hydrogen-bond donors (Lipinski definition) is 1. The highest BCUT2D eigenvalue weighted by atomic mass is 79.9. The summed E-state index contributed by atoms with van der Waals surface area (Å²) in [5, 5.41) is 4.37. The number of benzene rings is 3. The number of piperidine rings is 1.